The zero-order valence-electron chi connectivity index (χ0n) is 20.0. The molecule has 0 unspecified atom stereocenters. The number of fused-ring (bicyclic) bond motifs is 1. The van der Waals surface area contributed by atoms with E-state index in [1.54, 1.807) is 36.5 Å². The Morgan fingerprint density at radius 1 is 0.946 bits per heavy atom. The molecule has 1 aliphatic rings. The van der Waals surface area contributed by atoms with E-state index >= 15 is 0 Å². The number of nitrogens with one attached hydrogen (secondary N) is 1. The second-order valence-electron chi connectivity index (χ2n) is 8.99. The summed E-state index contributed by atoms with van der Waals surface area (Å²) in [7, 11) is 0. The molecule has 0 aliphatic carbocycles. The molecule has 190 valence electrons. The van der Waals surface area contributed by atoms with Gasteiger partial charge < -0.3 is 25.3 Å². The van der Waals surface area contributed by atoms with Gasteiger partial charge in [0.15, 0.2) is 0 Å². The molecule has 3 aromatic carbocycles. The van der Waals surface area contributed by atoms with E-state index < -0.39 is 11.4 Å². The molecule has 3 N–H and O–H groups in total. The molecule has 0 atom stereocenters. The summed E-state index contributed by atoms with van der Waals surface area (Å²) in [5.74, 6) is -0.698. The van der Waals surface area contributed by atoms with Crippen molar-refractivity contribution < 1.29 is 9.53 Å². The zero-order chi connectivity index (χ0) is 25.9. The van der Waals surface area contributed by atoms with Crippen molar-refractivity contribution in [1.29, 1.82) is 0 Å². The molecule has 1 saturated heterocycles. The SMILES string of the molecule is Nc1cc2c(=O)c(C(=O)OCc3ccc(Cl)cc3)cn(Cc3ccc(Cl)cc3)c2cc1N1CCNCC1. The van der Waals surface area contributed by atoms with Crippen LogP contribution in [0.25, 0.3) is 10.9 Å². The zero-order valence-corrected chi connectivity index (χ0v) is 21.6. The lowest BCUT2D eigenvalue weighted by Gasteiger charge is -2.31. The number of ether oxygens (including phenoxy) is 1. The summed E-state index contributed by atoms with van der Waals surface area (Å²) in [6, 6.07) is 18.1. The lowest BCUT2D eigenvalue weighted by molar-refractivity contribution is 0.0470. The summed E-state index contributed by atoms with van der Waals surface area (Å²) >= 11 is 12.0. The number of nitrogen functional groups attached to an aromatic ring is 1. The highest BCUT2D eigenvalue weighted by molar-refractivity contribution is 6.30. The first-order chi connectivity index (χ1) is 17.9. The van der Waals surface area contributed by atoms with Crippen LogP contribution in [-0.4, -0.2) is 36.7 Å². The van der Waals surface area contributed by atoms with Crippen molar-refractivity contribution in [2.75, 3.05) is 36.8 Å². The smallest absolute Gasteiger partial charge is 0.343 e. The van der Waals surface area contributed by atoms with Gasteiger partial charge in [0.2, 0.25) is 5.43 Å². The third-order valence-electron chi connectivity index (χ3n) is 6.46. The van der Waals surface area contributed by atoms with Crippen LogP contribution in [0.5, 0.6) is 0 Å². The fourth-order valence-corrected chi connectivity index (χ4v) is 4.74. The maximum absolute atomic E-state index is 13.5. The number of anilines is 2. The molecule has 1 aromatic heterocycles. The van der Waals surface area contributed by atoms with E-state index in [-0.39, 0.29) is 12.2 Å². The lowest BCUT2D eigenvalue weighted by atomic mass is 10.1. The molecule has 4 aromatic rings. The Morgan fingerprint density at radius 3 is 2.22 bits per heavy atom. The van der Waals surface area contributed by atoms with E-state index in [1.807, 2.05) is 34.9 Å². The van der Waals surface area contributed by atoms with Gasteiger partial charge in [0.25, 0.3) is 0 Å². The van der Waals surface area contributed by atoms with Gasteiger partial charge in [0, 0.05) is 54.4 Å². The minimum Gasteiger partial charge on any atom is -0.457 e. The van der Waals surface area contributed by atoms with E-state index in [9.17, 15) is 9.59 Å². The number of rotatable bonds is 6. The predicted molar refractivity (Wildman–Crippen MR) is 149 cm³/mol. The summed E-state index contributed by atoms with van der Waals surface area (Å²) < 4.78 is 7.39. The summed E-state index contributed by atoms with van der Waals surface area (Å²) in [6.45, 7) is 3.78. The maximum Gasteiger partial charge on any atom is 0.343 e. The van der Waals surface area contributed by atoms with Gasteiger partial charge in [-0.15, -0.1) is 0 Å². The van der Waals surface area contributed by atoms with Crippen molar-refractivity contribution in [3.8, 4) is 0 Å². The van der Waals surface area contributed by atoms with Gasteiger partial charge in [-0.25, -0.2) is 4.79 Å². The molecule has 0 bridgehead atoms. The Morgan fingerprint density at radius 2 is 1.57 bits per heavy atom. The molecule has 1 fully saturated rings. The van der Waals surface area contributed by atoms with Gasteiger partial charge in [0.1, 0.15) is 12.2 Å². The molecular formula is C28H26Cl2N4O3. The summed E-state index contributed by atoms with van der Waals surface area (Å²) in [5, 5.41) is 4.93. The van der Waals surface area contributed by atoms with Gasteiger partial charge in [-0.1, -0.05) is 47.5 Å². The number of hydrogen-bond acceptors (Lipinski definition) is 6. The number of piperazine rings is 1. The number of esters is 1. The van der Waals surface area contributed by atoms with Crippen molar-refractivity contribution in [3.63, 3.8) is 0 Å². The largest absolute Gasteiger partial charge is 0.457 e. The minimum absolute atomic E-state index is 0.0226. The number of benzene rings is 3. The Bertz CT molecular complexity index is 1500. The van der Waals surface area contributed by atoms with Crippen LogP contribution >= 0.6 is 23.2 Å². The predicted octanol–water partition coefficient (Wildman–Crippen LogP) is 4.71. The number of carbonyl (C=O) groups is 1. The van der Waals surface area contributed by atoms with Crippen LogP contribution in [0, 0.1) is 0 Å². The van der Waals surface area contributed by atoms with Crippen molar-refractivity contribution >= 4 is 51.4 Å². The van der Waals surface area contributed by atoms with Crippen LogP contribution in [0.4, 0.5) is 11.4 Å². The van der Waals surface area contributed by atoms with E-state index in [0.717, 1.165) is 43.0 Å². The van der Waals surface area contributed by atoms with Crippen LogP contribution in [0.1, 0.15) is 21.5 Å². The van der Waals surface area contributed by atoms with E-state index in [0.29, 0.717) is 33.2 Å². The Hall–Kier alpha value is -3.52. The third-order valence-corrected chi connectivity index (χ3v) is 6.96. The standard InChI is InChI=1S/C28H26Cl2N4O3/c29-20-5-1-18(2-6-20)15-34-16-23(28(36)37-17-19-3-7-21(30)8-4-19)27(35)22-13-24(31)26(14-25(22)34)33-11-9-32-10-12-33/h1-8,13-14,16,32H,9-12,15,17,31H2. The number of aromatic nitrogens is 1. The summed E-state index contributed by atoms with van der Waals surface area (Å²) in [5.41, 5.74) is 9.76. The molecule has 0 amide bonds. The molecule has 9 heteroatoms. The van der Waals surface area contributed by atoms with Crippen LogP contribution in [0.3, 0.4) is 0 Å². The van der Waals surface area contributed by atoms with Crippen molar-refractivity contribution in [1.82, 2.24) is 9.88 Å². The fraction of sp³-hybridized carbons (Fsp3) is 0.214. The van der Waals surface area contributed by atoms with E-state index in [2.05, 4.69) is 10.2 Å². The average molecular weight is 537 g/mol. The van der Waals surface area contributed by atoms with E-state index in [1.165, 1.54) is 0 Å². The highest BCUT2D eigenvalue weighted by Crippen LogP contribution is 2.29. The molecule has 2 heterocycles. The van der Waals surface area contributed by atoms with Crippen LogP contribution in [-0.2, 0) is 17.9 Å². The molecule has 0 radical (unpaired) electrons. The first kappa shape index (κ1) is 25.1. The molecule has 0 spiro atoms. The van der Waals surface area contributed by atoms with Crippen LogP contribution in [0.15, 0.2) is 71.7 Å². The lowest BCUT2D eigenvalue weighted by Crippen LogP contribution is -2.43. The molecule has 0 saturated carbocycles. The number of pyridine rings is 1. The number of carbonyl (C=O) groups excluding carboxylic acids is 1. The van der Waals surface area contributed by atoms with Gasteiger partial charge in [0.05, 0.1) is 16.9 Å². The fourth-order valence-electron chi connectivity index (χ4n) is 4.49. The molecule has 37 heavy (non-hydrogen) atoms. The van der Waals surface area contributed by atoms with Gasteiger partial charge in [-0.05, 0) is 47.5 Å². The highest BCUT2D eigenvalue weighted by atomic mass is 35.5. The Kier molecular flexibility index (Phi) is 7.37. The second-order valence-corrected chi connectivity index (χ2v) is 9.87. The summed E-state index contributed by atoms with van der Waals surface area (Å²) in [6.07, 6.45) is 1.57. The molecule has 5 rings (SSSR count). The second kappa shape index (κ2) is 10.8. The van der Waals surface area contributed by atoms with Gasteiger partial charge in [-0.3, -0.25) is 4.79 Å². The molecule has 1 aliphatic heterocycles. The Balaban J connectivity index is 1.56. The number of hydrogen-bond donors (Lipinski definition) is 2. The van der Waals surface area contributed by atoms with Gasteiger partial charge in [-0.2, -0.15) is 0 Å². The quantitative estimate of drug-likeness (QED) is 0.274. The molecular weight excluding hydrogens is 511 g/mol. The number of nitrogens with zero attached hydrogens (tertiary/aromatic N) is 2. The number of halogens is 2. The number of nitrogens with two attached hydrogens (primary N) is 1. The third kappa shape index (κ3) is 5.59. The normalized spacial score (nSPS) is 13.6. The van der Waals surface area contributed by atoms with Crippen molar-refractivity contribution in [2.45, 2.75) is 13.2 Å². The van der Waals surface area contributed by atoms with Crippen LogP contribution in [0.2, 0.25) is 10.0 Å². The topological polar surface area (TPSA) is 89.6 Å². The van der Waals surface area contributed by atoms with Gasteiger partial charge >= 0.3 is 5.97 Å². The first-order valence-electron chi connectivity index (χ1n) is 12.0. The first-order valence-corrected chi connectivity index (χ1v) is 12.7. The van der Waals surface area contributed by atoms with Crippen molar-refractivity contribution in [3.05, 3.63) is 104 Å². The summed E-state index contributed by atoms with van der Waals surface area (Å²) in [4.78, 5) is 28.8. The Labute approximate surface area is 224 Å². The van der Waals surface area contributed by atoms with Crippen molar-refractivity contribution in [2.24, 2.45) is 0 Å². The average Bonchev–Trinajstić information content (AvgIpc) is 2.91. The minimum atomic E-state index is -0.698. The maximum atomic E-state index is 13.5. The van der Waals surface area contributed by atoms with Crippen LogP contribution < -0.4 is 21.4 Å². The monoisotopic (exact) mass is 536 g/mol. The molecule has 7 nitrogen and oxygen atoms in total. The highest BCUT2D eigenvalue weighted by Gasteiger charge is 2.21. The van der Waals surface area contributed by atoms with E-state index in [4.69, 9.17) is 33.7 Å².